The summed E-state index contributed by atoms with van der Waals surface area (Å²) in [5.74, 6) is 0.984. The van der Waals surface area contributed by atoms with Crippen molar-refractivity contribution in [2.24, 2.45) is 11.8 Å². The Balaban J connectivity index is 1.89. The Hall–Kier alpha value is -2.24. The Bertz CT molecular complexity index is 574. The summed E-state index contributed by atoms with van der Waals surface area (Å²) in [7, 11) is 1.58. The second-order valence-corrected chi connectivity index (χ2v) is 6.48. The second-order valence-electron chi connectivity index (χ2n) is 6.48. The molecule has 24 heavy (non-hydrogen) atoms. The van der Waals surface area contributed by atoms with E-state index >= 15 is 0 Å². The fourth-order valence-electron chi connectivity index (χ4n) is 2.81. The van der Waals surface area contributed by atoms with E-state index in [4.69, 9.17) is 4.74 Å². The van der Waals surface area contributed by atoms with Crippen LogP contribution < -0.4 is 15.4 Å². The molecule has 3 amide bonds. The first-order valence-electron chi connectivity index (χ1n) is 8.48. The summed E-state index contributed by atoms with van der Waals surface area (Å²) in [5, 5.41) is 5.87. The molecule has 0 radical (unpaired) electrons. The third kappa shape index (κ3) is 4.88. The van der Waals surface area contributed by atoms with Gasteiger partial charge in [-0.3, -0.25) is 4.79 Å². The molecule has 1 heterocycles. The Morgan fingerprint density at radius 1 is 1.33 bits per heavy atom. The minimum atomic E-state index is -0.126. The van der Waals surface area contributed by atoms with Crippen LogP contribution in [0.4, 0.5) is 10.5 Å². The fourth-order valence-corrected chi connectivity index (χ4v) is 2.81. The number of likely N-dealkylation sites (tertiary alicyclic amines) is 1. The first-order valence-corrected chi connectivity index (χ1v) is 8.48. The van der Waals surface area contributed by atoms with Crippen LogP contribution in [0.5, 0.6) is 5.75 Å². The summed E-state index contributed by atoms with van der Waals surface area (Å²) in [6.07, 6.45) is 1.97. The number of nitrogens with zero attached hydrogens (tertiary/aromatic N) is 1. The van der Waals surface area contributed by atoms with Crippen LogP contribution in [0, 0.1) is 11.8 Å². The zero-order valence-corrected chi connectivity index (χ0v) is 14.7. The van der Waals surface area contributed by atoms with Gasteiger partial charge in [0.15, 0.2) is 0 Å². The van der Waals surface area contributed by atoms with Gasteiger partial charge < -0.3 is 20.3 Å². The number of urea groups is 1. The first-order chi connectivity index (χ1) is 11.5. The van der Waals surface area contributed by atoms with Gasteiger partial charge in [0, 0.05) is 25.6 Å². The van der Waals surface area contributed by atoms with Gasteiger partial charge in [-0.1, -0.05) is 26.0 Å². The van der Waals surface area contributed by atoms with E-state index in [2.05, 4.69) is 10.6 Å². The maximum Gasteiger partial charge on any atom is 0.321 e. The maximum absolute atomic E-state index is 12.5. The van der Waals surface area contributed by atoms with Crippen molar-refractivity contribution in [3.8, 4) is 5.75 Å². The average molecular weight is 333 g/mol. The molecule has 0 aromatic heterocycles. The molecule has 1 aliphatic heterocycles. The van der Waals surface area contributed by atoms with Crippen molar-refractivity contribution in [3.63, 3.8) is 0 Å². The number of hydrogen-bond donors (Lipinski definition) is 2. The van der Waals surface area contributed by atoms with E-state index in [1.807, 2.05) is 43.0 Å². The normalized spacial score (nSPS) is 17.5. The Kier molecular flexibility index (Phi) is 6.46. The van der Waals surface area contributed by atoms with Crippen LogP contribution in [-0.4, -0.2) is 43.6 Å². The molecule has 0 unspecified atom stereocenters. The molecule has 0 aliphatic carbocycles. The van der Waals surface area contributed by atoms with Gasteiger partial charge in [0.1, 0.15) is 5.75 Å². The van der Waals surface area contributed by atoms with Gasteiger partial charge in [0.25, 0.3) is 0 Å². The standard InChI is InChI=1S/C18H27N3O3/c1-13(2)17(22)19-11-14-7-6-10-21(12-14)18(23)20-15-8-4-5-9-16(15)24-3/h4-5,8-9,13-14H,6-7,10-12H2,1-3H3,(H,19,22)(H,20,23)/t14-/m1/s1. The lowest BCUT2D eigenvalue weighted by atomic mass is 9.98. The molecule has 1 fully saturated rings. The molecule has 132 valence electrons. The predicted molar refractivity (Wildman–Crippen MR) is 94.2 cm³/mol. The molecular weight excluding hydrogens is 306 g/mol. The molecular formula is C18H27N3O3. The van der Waals surface area contributed by atoms with Crippen molar-refractivity contribution in [2.75, 3.05) is 32.1 Å². The lowest BCUT2D eigenvalue weighted by Crippen LogP contribution is -2.45. The van der Waals surface area contributed by atoms with Gasteiger partial charge in [-0.05, 0) is 30.9 Å². The maximum atomic E-state index is 12.5. The quantitative estimate of drug-likeness (QED) is 0.870. The van der Waals surface area contributed by atoms with Gasteiger partial charge in [0.2, 0.25) is 5.91 Å². The van der Waals surface area contributed by atoms with Crippen molar-refractivity contribution in [3.05, 3.63) is 24.3 Å². The highest BCUT2D eigenvalue weighted by atomic mass is 16.5. The van der Waals surface area contributed by atoms with Crippen molar-refractivity contribution in [1.82, 2.24) is 10.2 Å². The summed E-state index contributed by atoms with van der Waals surface area (Å²) < 4.78 is 5.26. The highest BCUT2D eigenvalue weighted by molar-refractivity contribution is 5.91. The van der Waals surface area contributed by atoms with E-state index in [-0.39, 0.29) is 17.9 Å². The molecule has 6 heteroatoms. The van der Waals surface area contributed by atoms with Crippen molar-refractivity contribution in [2.45, 2.75) is 26.7 Å². The zero-order valence-electron chi connectivity index (χ0n) is 14.7. The van der Waals surface area contributed by atoms with Crippen LogP contribution >= 0.6 is 0 Å². The average Bonchev–Trinajstić information content (AvgIpc) is 2.60. The SMILES string of the molecule is COc1ccccc1NC(=O)N1CCC[C@H](CNC(=O)C(C)C)C1. The molecule has 1 atom stereocenters. The molecule has 1 aromatic carbocycles. The van der Waals surface area contributed by atoms with Crippen molar-refractivity contribution >= 4 is 17.6 Å². The summed E-state index contributed by atoms with van der Waals surface area (Å²) in [5.41, 5.74) is 0.667. The summed E-state index contributed by atoms with van der Waals surface area (Å²) in [6, 6.07) is 7.23. The molecule has 0 spiro atoms. The number of carbonyl (C=O) groups excluding carboxylic acids is 2. The smallest absolute Gasteiger partial charge is 0.321 e. The monoisotopic (exact) mass is 333 g/mol. The van der Waals surface area contributed by atoms with Gasteiger partial charge >= 0.3 is 6.03 Å². The number of carbonyl (C=O) groups is 2. The number of ether oxygens (including phenoxy) is 1. The number of rotatable bonds is 5. The fraction of sp³-hybridized carbons (Fsp3) is 0.556. The third-order valence-corrected chi connectivity index (χ3v) is 4.24. The van der Waals surface area contributed by atoms with E-state index in [9.17, 15) is 9.59 Å². The minimum absolute atomic E-state index is 0.0152. The number of amides is 3. The van der Waals surface area contributed by atoms with Crippen LogP contribution in [0.25, 0.3) is 0 Å². The van der Waals surface area contributed by atoms with Crippen LogP contribution in [0.2, 0.25) is 0 Å². The van der Waals surface area contributed by atoms with E-state index in [1.165, 1.54) is 0 Å². The van der Waals surface area contributed by atoms with E-state index in [0.29, 0.717) is 30.4 Å². The van der Waals surface area contributed by atoms with Crippen LogP contribution in [-0.2, 0) is 4.79 Å². The largest absolute Gasteiger partial charge is 0.495 e. The van der Waals surface area contributed by atoms with Gasteiger partial charge in [-0.25, -0.2) is 4.79 Å². The van der Waals surface area contributed by atoms with E-state index in [0.717, 1.165) is 19.4 Å². The summed E-state index contributed by atoms with van der Waals surface area (Å²) in [4.78, 5) is 26.0. The molecule has 0 saturated carbocycles. The lowest BCUT2D eigenvalue weighted by molar-refractivity contribution is -0.124. The topological polar surface area (TPSA) is 70.7 Å². The summed E-state index contributed by atoms with van der Waals surface area (Å²) >= 11 is 0. The molecule has 6 nitrogen and oxygen atoms in total. The van der Waals surface area contributed by atoms with E-state index in [1.54, 1.807) is 7.11 Å². The van der Waals surface area contributed by atoms with Gasteiger partial charge in [-0.2, -0.15) is 0 Å². The summed E-state index contributed by atoms with van der Waals surface area (Å²) in [6.45, 7) is 5.76. The number of methoxy groups -OCH3 is 1. The predicted octanol–water partition coefficient (Wildman–Crippen LogP) is 2.71. The minimum Gasteiger partial charge on any atom is -0.495 e. The van der Waals surface area contributed by atoms with Crippen LogP contribution in [0.1, 0.15) is 26.7 Å². The van der Waals surface area contributed by atoms with Gasteiger partial charge in [-0.15, -0.1) is 0 Å². The molecule has 1 aromatic rings. The molecule has 1 aliphatic rings. The Morgan fingerprint density at radius 3 is 2.79 bits per heavy atom. The molecule has 0 bridgehead atoms. The first kappa shape index (κ1) is 18.1. The zero-order chi connectivity index (χ0) is 17.5. The third-order valence-electron chi connectivity index (χ3n) is 4.24. The highest BCUT2D eigenvalue weighted by Crippen LogP contribution is 2.24. The number of nitrogens with one attached hydrogen (secondary N) is 2. The van der Waals surface area contributed by atoms with Crippen molar-refractivity contribution in [1.29, 1.82) is 0 Å². The highest BCUT2D eigenvalue weighted by Gasteiger charge is 2.24. The molecule has 2 rings (SSSR count). The Morgan fingerprint density at radius 2 is 2.08 bits per heavy atom. The Labute approximate surface area is 143 Å². The van der Waals surface area contributed by atoms with Gasteiger partial charge in [0.05, 0.1) is 12.8 Å². The van der Waals surface area contributed by atoms with Crippen LogP contribution in [0.15, 0.2) is 24.3 Å². The number of hydrogen-bond acceptors (Lipinski definition) is 3. The lowest BCUT2D eigenvalue weighted by Gasteiger charge is -2.33. The molecule has 2 N–H and O–H groups in total. The van der Waals surface area contributed by atoms with Crippen LogP contribution in [0.3, 0.4) is 0 Å². The number of benzene rings is 1. The van der Waals surface area contributed by atoms with E-state index < -0.39 is 0 Å². The number of anilines is 1. The number of para-hydroxylation sites is 2. The second kappa shape index (κ2) is 8.57. The molecule has 1 saturated heterocycles. The van der Waals surface area contributed by atoms with Crippen molar-refractivity contribution < 1.29 is 14.3 Å². The number of piperidine rings is 1.